The molecule has 0 aliphatic carbocycles. The summed E-state index contributed by atoms with van der Waals surface area (Å²) in [6.45, 7) is 8.05. The van der Waals surface area contributed by atoms with E-state index in [9.17, 15) is 9.59 Å². The SMILES string of the molecule is CC1(C)CC(N)CC(C)(C)N1C(=O)c1c[nH]c(=O)cn1. The number of hydrogen-bond donors (Lipinski definition) is 2. The second-order valence-corrected chi connectivity index (χ2v) is 6.73. The molecule has 0 atom stereocenters. The number of carbonyl (C=O) groups is 1. The highest BCUT2D eigenvalue weighted by Crippen LogP contribution is 2.38. The van der Waals surface area contributed by atoms with Gasteiger partial charge >= 0.3 is 0 Å². The monoisotopic (exact) mass is 278 g/mol. The van der Waals surface area contributed by atoms with Gasteiger partial charge in [0, 0.05) is 23.3 Å². The summed E-state index contributed by atoms with van der Waals surface area (Å²) in [5, 5.41) is 0. The van der Waals surface area contributed by atoms with E-state index in [1.807, 2.05) is 32.6 Å². The minimum atomic E-state index is -0.351. The van der Waals surface area contributed by atoms with Gasteiger partial charge in [0.1, 0.15) is 5.69 Å². The van der Waals surface area contributed by atoms with E-state index < -0.39 is 0 Å². The summed E-state index contributed by atoms with van der Waals surface area (Å²) >= 11 is 0. The Morgan fingerprint density at radius 3 is 2.35 bits per heavy atom. The van der Waals surface area contributed by atoms with E-state index >= 15 is 0 Å². The molecule has 1 saturated heterocycles. The highest BCUT2D eigenvalue weighted by Gasteiger charge is 2.47. The van der Waals surface area contributed by atoms with Crippen LogP contribution in [0, 0.1) is 0 Å². The van der Waals surface area contributed by atoms with Gasteiger partial charge in [0.25, 0.3) is 11.5 Å². The molecule has 0 aromatic carbocycles. The minimum Gasteiger partial charge on any atom is -0.328 e. The number of nitrogens with one attached hydrogen (secondary N) is 1. The van der Waals surface area contributed by atoms with Crippen molar-refractivity contribution in [3.8, 4) is 0 Å². The van der Waals surface area contributed by atoms with E-state index in [0.29, 0.717) is 0 Å². The van der Waals surface area contributed by atoms with Crippen molar-refractivity contribution >= 4 is 5.91 Å². The fraction of sp³-hybridized carbons (Fsp3) is 0.643. The average Bonchev–Trinajstić information content (AvgIpc) is 2.25. The Labute approximate surface area is 118 Å². The van der Waals surface area contributed by atoms with Crippen LogP contribution in [0.5, 0.6) is 0 Å². The molecule has 1 aromatic heterocycles. The van der Waals surface area contributed by atoms with Crippen molar-refractivity contribution in [1.29, 1.82) is 0 Å². The number of nitrogens with zero attached hydrogens (tertiary/aromatic N) is 2. The number of likely N-dealkylation sites (tertiary alicyclic amines) is 1. The molecule has 0 radical (unpaired) electrons. The number of rotatable bonds is 1. The summed E-state index contributed by atoms with van der Waals surface area (Å²) in [7, 11) is 0. The molecule has 2 heterocycles. The number of amides is 1. The zero-order valence-electron chi connectivity index (χ0n) is 12.4. The Balaban J connectivity index is 2.40. The van der Waals surface area contributed by atoms with Crippen LogP contribution < -0.4 is 11.3 Å². The number of carbonyl (C=O) groups excluding carboxylic acids is 1. The van der Waals surface area contributed by atoms with Gasteiger partial charge in [-0.3, -0.25) is 9.59 Å². The van der Waals surface area contributed by atoms with Crippen molar-refractivity contribution < 1.29 is 4.79 Å². The smallest absolute Gasteiger partial charge is 0.274 e. The third-order valence-corrected chi connectivity index (χ3v) is 3.83. The zero-order valence-corrected chi connectivity index (χ0v) is 12.4. The van der Waals surface area contributed by atoms with Gasteiger partial charge in [-0.25, -0.2) is 4.98 Å². The lowest BCUT2D eigenvalue weighted by Crippen LogP contribution is -2.65. The molecule has 0 bridgehead atoms. The average molecular weight is 278 g/mol. The lowest BCUT2D eigenvalue weighted by Gasteiger charge is -2.54. The molecule has 1 fully saturated rings. The summed E-state index contributed by atoms with van der Waals surface area (Å²) in [5.74, 6) is -0.178. The molecule has 2 rings (SSSR count). The molecular weight excluding hydrogens is 256 g/mol. The van der Waals surface area contributed by atoms with Gasteiger partial charge in [-0.15, -0.1) is 0 Å². The lowest BCUT2D eigenvalue weighted by molar-refractivity contribution is -0.0176. The summed E-state index contributed by atoms with van der Waals surface area (Å²) in [5.41, 5.74) is 5.34. The first kappa shape index (κ1) is 14.7. The molecule has 0 saturated carbocycles. The van der Waals surface area contributed by atoms with Crippen LogP contribution >= 0.6 is 0 Å². The first-order chi connectivity index (χ1) is 9.13. The molecule has 1 amide bonds. The van der Waals surface area contributed by atoms with E-state index in [2.05, 4.69) is 9.97 Å². The van der Waals surface area contributed by atoms with Crippen LogP contribution in [0.2, 0.25) is 0 Å². The Morgan fingerprint density at radius 2 is 1.90 bits per heavy atom. The van der Waals surface area contributed by atoms with Crippen LogP contribution in [0.25, 0.3) is 0 Å². The van der Waals surface area contributed by atoms with E-state index in [-0.39, 0.29) is 34.3 Å². The van der Waals surface area contributed by atoms with Crippen LogP contribution in [-0.4, -0.2) is 37.9 Å². The maximum absolute atomic E-state index is 12.7. The van der Waals surface area contributed by atoms with Gasteiger partial charge in [-0.2, -0.15) is 0 Å². The van der Waals surface area contributed by atoms with Crippen molar-refractivity contribution in [3.63, 3.8) is 0 Å². The van der Waals surface area contributed by atoms with Crippen molar-refractivity contribution in [2.45, 2.75) is 57.7 Å². The van der Waals surface area contributed by atoms with Crippen LogP contribution in [0.15, 0.2) is 17.2 Å². The first-order valence-corrected chi connectivity index (χ1v) is 6.78. The number of hydrogen-bond acceptors (Lipinski definition) is 4. The molecule has 0 spiro atoms. The molecule has 1 aromatic rings. The molecule has 3 N–H and O–H groups in total. The van der Waals surface area contributed by atoms with E-state index in [1.165, 1.54) is 6.20 Å². The van der Waals surface area contributed by atoms with Gasteiger partial charge in [0.05, 0.1) is 6.20 Å². The van der Waals surface area contributed by atoms with E-state index in [4.69, 9.17) is 5.73 Å². The fourth-order valence-electron chi connectivity index (χ4n) is 3.48. The van der Waals surface area contributed by atoms with Gasteiger partial charge in [-0.05, 0) is 40.5 Å². The zero-order chi connectivity index (χ0) is 15.1. The second kappa shape index (κ2) is 4.70. The predicted octanol–water partition coefficient (Wildman–Crippen LogP) is 0.890. The predicted molar refractivity (Wildman–Crippen MR) is 76.4 cm³/mol. The summed E-state index contributed by atoms with van der Waals surface area (Å²) < 4.78 is 0. The van der Waals surface area contributed by atoms with Gasteiger partial charge in [-0.1, -0.05) is 0 Å². The number of nitrogens with two attached hydrogens (primary N) is 1. The van der Waals surface area contributed by atoms with Crippen LogP contribution in [0.3, 0.4) is 0 Å². The van der Waals surface area contributed by atoms with Crippen LogP contribution in [0.1, 0.15) is 51.0 Å². The normalized spacial score (nSPS) is 21.8. The third kappa shape index (κ3) is 2.60. The Kier molecular flexibility index (Phi) is 3.46. The number of piperidine rings is 1. The van der Waals surface area contributed by atoms with Gasteiger partial charge < -0.3 is 15.6 Å². The van der Waals surface area contributed by atoms with Crippen molar-refractivity contribution in [2.24, 2.45) is 5.73 Å². The highest BCUT2D eigenvalue weighted by atomic mass is 16.2. The molecule has 0 unspecified atom stereocenters. The molecule has 1 aliphatic rings. The van der Waals surface area contributed by atoms with Crippen molar-refractivity contribution in [3.05, 3.63) is 28.4 Å². The maximum atomic E-state index is 12.7. The Hall–Kier alpha value is -1.69. The molecular formula is C14H22N4O2. The fourth-order valence-corrected chi connectivity index (χ4v) is 3.48. The van der Waals surface area contributed by atoms with E-state index in [0.717, 1.165) is 19.0 Å². The summed E-state index contributed by atoms with van der Waals surface area (Å²) in [6, 6.07) is 0.0765. The molecule has 20 heavy (non-hydrogen) atoms. The molecule has 110 valence electrons. The van der Waals surface area contributed by atoms with Gasteiger partial charge in [0.15, 0.2) is 0 Å². The van der Waals surface area contributed by atoms with Crippen molar-refractivity contribution in [1.82, 2.24) is 14.9 Å². The van der Waals surface area contributed by atoms with Crippen LogP contribution in [-0.2, 0) is 0 Å². The van der Waals surface area contributed by atoms with Gasteiger partial charge in [0.2, 0.25) is 0 Å². The topological polar surface area (TPSA) is 92.1 Å². The largest absolute Gasteiger partial charge is 0.328 e. The standard InChI is InChI=1S/C14H22N4O2/c1-13(2)5-9(15)6-14(3,4)18(13)12(20)10-7-17-11(19)8-16-10/h7-9H,5-6,15H2,1-4H3,(H,17,19). The van der Waals surface area contributed by atoms with E-state index in [1.54, 1.807) is 0 Å². The molecule has 1 aliphatic heterocycles. The summed E-state index contributed by atoms with van der Waals surface area (Å²) in [4.78, 5) is 32.1. The van der Waals surface area contributed by atoms with Crippen molar-refractivity contribution in [2.75, 3.05) is 0 Å². The second-order valence-electron chi connectivity index (χ2n) is 6.73. The number of H-pyrrole nitrogens is 1. The molecule has 6 nitrogen and oxygen atoms in total. The lowest BCUT2D eigenvalue weighted by atomic mass is 9.77. The highest BCUT2D eigenvalue weighted by molar-refractivity contribution is 5.93. The maximum Gasteiger partial charge on any atom is 0.274 e. The first-order valence-electron chi connectivity index (χ1n) is 6.78. The number of aromatic nitrogens is 2. The third-order valence-electron chi connectivity index (χ3n) is 3.83. The quantitative estimate of drug-likeness (QED) is 0.798. The van der Waals surface area contributed by atoms with Crippen LogP contribution in [0.4, 0.5) is 0 Å². The Bertz CT molecular complexity index is 538. The Morgan fingerprint density at radius 1 is 1.35 bits per heavy atom. The molecule has 6 heteroatoms. The minimum absolute atomic E-state index is 0.0765. The number of aromatic amines is 1. The summed E-state index contributed by atoms with van der Waals surface area (Å²) in [6.07, 6.45) is 3.98.